The van der Waals surface area contributed by atoms with Crippen LogP contribution in [-0.2, 0) is 9.53 Å². The molecule has 2 amide bonds. The van der Waals surface area contributed by atoms with Crippen LogP contribution in [0.25, 0.3) is 0 Å². The van der Waals surface area contributed by atoms with E-state index in [0.717, 1.165) is 35.6 Å². The van der Waals surface area contributed by atoms with Gasteiger partial charge in [-0.15, -0.1) is 0 Å². The SMILES string of the molecule is COCC(=O)Nc1ccc(N2CCN(C(=O)c3cccc(C)c3C)CC2)nc1. The van der Waals surface area contributed by atoms with Crippen LogP contribution in [0.3, 0.4) is 0 Å². The molecule has 2 aromatic rings. The van der Waals surface area contributed by atoms with Gasteiger partial charge in [0, 0.05) is 38.9 Å². The van der Waals surface area contributed by atoms with Crippen LogP contribution in [0.15, 0.2) is 36.5 Å². The first-order valence-electron chi connectivity index (χ1n) is 9.35. The quantitative estimate of drug-likeness (QED) is 0.859. The lowest BCUT2D eigenvalue weighted by molar-refractivity contribution is -0.119. The monoisotopic (exact) mass is 382 g/mol. The molecule has 0 saturated carbocycles. The summed E-state index contributed by atoms with van der Waals surface area (Å²) < 4.78 is 4.80. The average Bonchev–Trinajstić information content (AvgIpc) is 2.70. The van der Waals surface area contributed by atoms with Crippen LogP contribution in [0.4, 0.5) is 11.5 Å². The van der Waals surface area contributed by atoms with E-state index in [4.69, 9.17) is 4.74 Å². The van der Waals surface area contributed by atoms with E-state index in [9.17, 15) is 9.59 Å². The third-order valence-electron chi connectivity index (χ3n) is 5.03. The molecule has 148 valence electrons. The van der Waals surface area contributed by atoms with Crippen molar-refractivity contribution in [3.63, 3.8) is 0 Å². The molecule has 0 spiro atoms. The fourth-order valence-corrected chi connectivity index (χ4v) is 3.27. The number of hydrogen-bond donors (Lipinski definition) is 1. The lowest BCUT2D eigenvalue weighted by Gasteiger charge is -2.35. The lowest BCUT2D eigenvalue weighted by Crippen LogP contribution is -2.49. The van der Waals surface area contributed by atoms with Gasteiger partial charge in [-0.1, -0.05) is 12.1 Å². The van der Waals surface area contributed by atoms with Gasteiger partial charge in [0.25, 0.3) is 5.91 Å². The maximum atomic E-state index is 12.9. The number of piperazine rings is 1. The van der Waals surface area contributed by atoms with E-state index in [1.807, 2.05) is 49.1 Å². The highest BCUT2D eigenvalue weighted by Crippen LogP contribution is 2.19. The molecule has 1 fully saturated rings. The van der Waals surface area contributed by atoms with Crippen molar-refractivity contribution < 1.29 is 14.3 Å². The van der Waals surface area contributed by atoms with Gasteiger partial charge in [0.2, 0.25) is 5.91 Å². The summed E-state index contributed by atoms with van der Waals surface area (Å²) in [6.07, 6.45) is 1.64. The number of nitrogens with one attached hydrogen (secondary N) is 1. The van der Waals surface area contributed by atoms with Crippen molar-refractivity contribution >= 4 is 23.3 Å². The second-order valence-corrected chi connectivity index (χ2v) is 6.91. The molecule has 0 atom stereocenters. The van der Waals surface area contributed by atoms with Crippen molar-refractivity contribution in [3.8, 4) is 0 Å². The molecule has 1 N–H and O–H groups in total. The molecular formula is C21H26N4O3. The number of amides is 2. The fourth-order valence-electron chi connectivity index (χ4n) is 3.27. The summed E-state index contributed by atoms with van der Waals surface area (Å²) in [4.78, 5) is 32.9. The third-order valence-corrected chi connectivity index (χ3v) is 5.03. The van der Waals surface area contributed by atoms with E-state index < -0.39 is 0 Å². The summed E-state index contributed by atoms with van der Waals surface area (Å²) in [7, 11) is 1.48. The van der Waals surface area contributed by atoms with Crippen LogP contribution in [0.1, 0.15) is 21.5 Å². The van der Waals surface area contributed by atoms with Crippen molar-refractivity contribution in [2.24, 2.45) is 0 Å². The maximum Gasteiger partial charge on any atom is 0.254 e. The van der Waals surface area contributed by atoms with E-state index in [2.05, 4.69) is 15.2 Å². The van der Waals surface area contributed by atoms with Gasteiger partial charge in [0.05, 0.1) is 11.9 Å². The lowest BCUT2D eigenvalue weighted by atomic mass is 10.0. The molecule has 7 heteroatoms. The van der Waals surface area contributed by atoms with Gasteiger partial charge in [-0.25, -0.2) is 4.98 Å². The topological polar surface area (TPSA) is 74.8 Å². The van der Waals surface area contributed by atoms with Crippen molar-refractivity contribution in [1.82, 2.24) is 9.88 Å². The molecule has 1 aromatic heterocycles. The Labute approximate surface area is 165 Å². The number of methoxy groups -OCH3 is 1. The summed E-state index contributed by atoms with van der Waals surface area (Å²) in [5, 5.41) is 2.73. The van der Waals surface area contributed by atoms with Crippen molar-refractivity contribution in [1.29, 1.82) is 0 Å². The Kier molecular flexibility index (Phi) is 6.26. The zero-order chi connectivity index (χ0) is 20.1. The smallest absolute Gasteiger partial charge is 0.254 e. The van der Waals surface area contributed by atoms with Crippen LogP contribution >= 0.6 is 0 Å². The average molecular weight is 382 g/mol. The van der Waals surface area contributed by atoms with E-state index in [1.54, 1.807) is 6.20 Å². The molecule has 7 nitrogen and oxygen atoms in total. The predicted molar refractivity (Wildman–Crippen MR) is 109 cm³/mol. The number of benzene rings is 1. The second-order valence-electron chi connectivity index (χ2n) is 6.91. The normalized spacial score (nSPS) is 14.1. The van der Waals surface area contributed by atoms with Crippen molar-refractivity contribution in [2.75, 3.05) is 50.1 Å². The molecule has 1 aliphatic rings. The highest BCUT2D eigenvalue weighted by Gasteiger charge is 2.24. The molecule has 0 aliphatic carbocycles. The zero-order valence-electron chi connectivity index (χ0n) is 16.6. The molecular weight excluding hydrogens is 356 g/mol. The van der Waals surface area contributed by atoms with Crippen LogP contribution in [-0.4, -0.2) is 61.6 Å². The Balaban J connectivity index is 1.58. The van der Waals surface area contributed by atoms with E-state index in [0.29, 0.717) is 18.8 Å². The van der Waals surface area contributed by atoms with E-state index >= 15 is 0 Å². The number of anilines is 2. The number of hydrogen-bond acceptors (Lipinski definition) is 5. The van der Waals surface area contributed by atoms with Gasteiger partial charge < -0.3 is 19.9 Å². The first-order valence-corrected chi connectivity index (χ1v) is 9.35. The molecule has 0 radical (unpaired) electrons. The molecule has 0 bridgehead atoms. The Morgan fingerprint density at radius 2 is 1.86 bits per heavy atom. The molecule has 2 heterocycles. The van der Waals surface area contributed by atoms with Crippen LogP contribution in [0.5, 0.6) is 0 Å². The maximum absolute atomic E-state index is 12.9. The van der Waals surface area contributed by atoms with Crippen molar-refractivity contribution in [2.45, 2.75) is 13.8 Å². The minimum atomic E-state index is -0.212. The number of carbonyl (C=O) groups is 2. The summed E-state index contributed by atoms with van der Waals surface area (Å²) >= 11 is 0. The van der Waals surface area contributed by atoms with Crippen LogP contribution in [0, 0.1) is 13.8 Å². The highest BCUT2D eigenvalue weighted by atomic mass is 16.5. The number of ether oxygens (including phenoxy) is 1. The largest absolute Gasteiger partial charge is 0.375 e. The number of aromatic nitrogens is 1. The Bertz CT molecular complexity index is 843. The third kappa shape index (κ3) is 4.48. The number of carbonyl (C=O) groups excluding carboxylic acids is 2. The number of pyridine rings is 1. The van der Waals surface area contributed by atoms with E-state index in [1.165, 1.54) is 7.11 Å². The Morgan fingerprint density at radius 1 is 1.11 bits per heavy atom. The Morgan fingerprint density at radius 3 is 2.50 bits per heavy atom. The van der Waals surface area contributed by atoms with Gasteiger partial charge in [-0.05, 0) is 43.2 Å². The van der Waals surface area contributed by atoms with Gasteiger partial charge in [0.1, 0.15) is 12.4 Å². The van der Waals surface area contributed by atoms with Crippen LogP contribution in [0.2, 0.25) is 0 Å². The van der Waals surface area contributed by atoms with Gasteiger partial charge >= 0.3 is 0 Å². The molecule has 1 aromatic carbocycles. The first-order chi connectivity index (χ1) is 13.5. The first kappa shape index (κ1) is 19.8. The van der Waals surface area contributed by atoms with E-state index in [-0.39, 0.29) is 18.4 Å². The fraction of sp³-hybridized carbons (Fsp3) is 0.381. The molecule has 28 heavy (non-hydrogen) atoms. The molecule has 3 rings (SSSR count). The summed E-state index contributed by atoms with van der Waals surface area (Å²) in [6, 6.07) is 9.56. The minimum absolute atomic E-state index is 0.0121. The standard InChI is InChI=1S/C21H26N4O3/c1-15-5-4-6-18(16(15)2)21(27)25-11-9-24(10-12-25)19-8-7-17(13-22-19)23-20(26)14-28-3/h4-8,13H,9-12,14H2,1-3H3,(H,23,26). The minimum Gasteiger partial charge on any atom is -0.375 e. The number of rotatable bonds is 5. The zero-order valence-corrected chi connectivity index (χ0v) is 16.6. The molecule has 0 unspecified atom stereocenters. The second kappa shape index (κ2) is 8.84. The highest BCUT2D eigenvalue weighted by molar-refractivity contribution is 5.96. The molecule has 1 saturated heterocycles. The number of nitrogens with zero attached hydrogens (tertiary/aromatic N) is 3. The van der Waals surface area contributed by atoms with Gasteiger partial charge in [-0.2, -0.15) is 0 Å². The number of aryl methyl sites for hydroxylation is 1. The van der Waals surface area contributed by atoms with Gasteiger partial charge in [0.15, 0.2) is 0 Å². The Hall–Kier alpha value is -2.93. The van der Waals surface area contributed by atoms with Crippen LogP contribution < -0.4 is 10.2 Å². The summed E-state index contributed by atoms with van der Waals surface area (Å²) in [5.74, 6) is 0.712. The molecule has 1 aliphatic heterocycles. The summed E-state index contributed by atoms with van der Waals surface area (Å²) in [5.41, 5.74) is 3.59. The van der Waals surface area contributed by atoms with Crippen molar-refractivity contribution in [3.05, 3.63) is 53.2 Å². The summed E-state index contributed by atoms with van der Waals surface area (Å²) in [6.45, 7) is 6.78. The predicted octanol–water partition coefficient (Wildman–Crippen LogP) is 2.25. The van der Waals surface area contributed by atoms with Gasteiger partial charge in [-0.3, -0.25) is 9.59 Å².